The zero-order valence-electron chi connectivity index (χ0n) is 5.67. The second-order valence-electron chi connectivity index (χ2n) is 2.33. The van der Waals surface area contributed by atoms with Gasteiger partial charge in [0.15, 0.2) is 0 Å². The van der Waals surface area contributed by atoms with E-state index in [0.717, 1.165) is 12.8 Å². The highest BCUT2D eigenvalue weighted by Crippen LogP contribution is 2.14. The fraction of sp³-hybridized carbons (Fsp3) is 0.500. The predicted octanol–water partition coefficient (Wildman–Crippen LogP) is 1.64. The molecule has 0 bridgehead atoms. The Balaban J connectivity index is 2.55. The molecule has 0 spiro atoms. The smallest absolute Gasteiger partial charge is 0.0761 e. The third-order valence-corrected chi connectivity index (χ3v) is 1.59. The second-order valence-corrected chi connectivity index (χ2v) is 2.33. The molecule has 1 nitrogen and oxygen atoms in total. The van der Waals surface area contributed by atoms with Crippen LogP contribution >= 0.6 is 0 Å². The third-order valence-electron chi connectivity index (χ3n) is 1.59. The topological polar surface area (TPSA) is 20.2 Å². The molecule has 0 saturated heterocycles. The van der Waals surface area contributed by atoms with Gasteiger partial charge in [0.25, 0.3) is 0 Å². The van der Waals surface area contributed by atoms with E-state index >= 15 is 0 Å². The lowest BCUT2D eigenvalue weighted by atomic mass is 10.0. The van der Waals surface area contributed by atoms with Crippen LogP contribution in [0.2, 0.25) is 0 Å². The SMILES string of the molecule is CCC1=CC=CC(O)C1. The van der Waals surface area contributed by atoms with Crippen LogP contribution in [0.3, 0.4) is 0 Å². The number of hydrogen-bond acceptors (Lipinski definition) is 1. The van der Waals surface area contributed by atoms with Crippen molar-refractivity contribution in [3.05, 3.63) is 23.8 Å². The van der Waals surface area contributed by atoms with E-state index in [2.05, 4.69) is 13.0 Å². The molecular weight excluding hydrogens is 112 g/mol. The van der Waals surface area contributed by atoms with Crippen LogP contribution in [-0.4, -0.2) is 11.2 Å². The van der Waals surface area contributed by atoms with Crippen molar-refractivity contribution in [2.45, 2.75) is 25.9 Å². The maximum absolute atomic E-state index is 9.08. The predicted molar refractivity (Wildman–Crippen MR) is 38.1 cm³/mol. The van der Waals surface area contributed by atoms with Crippen LogP contribution in [0.1, 0.15) is 19.8 Å². The Labute approximate surface area is 55.7 Å². The van der Waals surface area contributed by atoms with Gasteiger partial charge in [-0.15, -0.1) is 0 Å². The monoisotopic (exact) mass is 124 g/mol. The standard InChI is InChI=1S/C8H12O/c1-2-7-4-3-5-8(9)6-7/h3-5,8-9H,2,6H2,1H3. The van der Waals surface area contributed by atoms with Crippen molar-refractivity contribution in [2.24, 2.45) is 0 Å². The summed E-state index contributed by atoms with van der Waals surface area (Å²) in [6.07, 6.45) is 7.47. The maximum Gasteiger partial charge on any atom is 0.0761 e. The van der Waals surface area contributed by atoms with Crippen LogP contribution in [0.4, 0.5) is 0 Å². The zero-order valence-corrected chi connectivity index (χ0v) is 5.67. The van der Waals surface area contributed by atoms with Gasteiger partial charge in [-0.25, -0.2) is 0 Å². The van der Waals surface area contributed by atoms with Crippen LogP contribution in [-0.2, 0) is 0 Å². The van der Waals surface area contributed by atoms with Crippen LogP contribution in [0.5, 0.6) is 0 Å². The molecule has 0 saturated carbocycles. The molecule has 0 fully saturated rings. The lowest BCUT2D eigenvalue weighted by Crippen LogP contribution is -2.05. The molecule has 0 aromatic heterocycles. The summed E-state index contributed by atoms with van der Waals surface area (Å²) in [5.41, 5.74) is 1.34. The van der Waals surface area contributed by atoms with Gasteiger partial charge in [-0.1, -0.05) is 30.7 Å². The van der Waals surface area contributed by atoms with Gasteiger partial charge < -0.3 is 5.11 Å². The lowest BCUT2D eigenvalue weighted by molar-refractivity contribution is 0.221. The second kappa shape index (κ2) is 2.83. The van der Waals surface area contributed by atoms with E-state index in [4.69, 9.17) is 5.11 Å². The molecule has 1 aliphatic carbocycles. The van der Waals surface area contributed by atoms with Gasteiger partial charge in [0, 0.05) is 0 Å². The first-order chi connectivity index (χ1) is 4.33. The largest absolute Gasteiger partial charge is 0.389 e. The Morgan fingerprint density at radius 1 is 1.78 bits per heavy atom. The van der Waals surface area contributed by atoms with Gasteiger partial charge in [0.2, 0.25) is 0 Å². The molecule has 1 N–H and O–H groups in total. The third kappa shape index (κ3) is 1.68. The van der Waals surface area contributed by atoms with E-state index in [0.29, 0.717) is 0 Å². The van der Waals surface area contributed by atoms with E-state index in [9.17, 15) is 0 Å². The average molecular weight is 124 g/mol. The van der Waals surface area contributed by atoms with Crippen molar-refractivity contribution in [1.29, 1.82) is 0 Å². The van der Waals surface area contributed by atoms with E-state index in [1.165, 1.54) is 5.57 Å². The van der Waals surface area contributed by atoms with Gasteiger partial charge in [-0.3, -0.25) is 0 Å². The summed E-state index contributed by atoms with van der Waals surface area (Å²) in [6, 6.07) is 0. The normalized spacial score (nSPS) is 26.0. The fourth-order valence-electron chi connectivity index (χ4n) is 0.987. The highest BCUT2D eigenvalue weighted by molar-refractivity contribution is 5.19. The van der Waals surface area contributed by atoms with Gasteiger partial charge >= 0.3 is 0 Å². The molecule has 0 aromatic carbocycles. The molecule has 50 valence electrons. The van der Waals surface area contributed by atoms with Crippen molar-refractivity contribution >= 4 is 0 Å². The minimum atomic E-state index is -0.232. The van der Waals surface area contributed by atoms with Crippen molar-refractivity contribution in [3.63, 3.8) is 0 Å². The Kier molecular flexibility index (Phi) is 2.06. The molecule has 0 amide bonds. The van der Waals surface area contributed by atoms with Crippen LogP contribution < -0.4 is 0 Å². The fourth-order valence-corrected chi connectivity index (χ4v) is 0.987. The summed E-state index contributed by atoms with van der Waals surface area (Å²) in [4.78, 5) is 0. The van der Waals surface area contributed by atoms with E-state index < -0.39 is 0 Å². The summed E-state index contributed by atoms with van der Waals surface area (Å²) in [5.74, 6) is 0. The van der Waals surface area contributed by atoms with Gasteiger partial charge in [0.05, 0.1) is 6.10 Å². The quantitative estimate of drug-likeness (QED) is 0.563. The van der Waals surface area contributed by atoms with Crippen molar-refractivity contribution in [2.75, 3.05) is 0 Å². The molecular formula is C8H12O. The Bertz CT molecular complexity index is 145. The number of aliphatic hydroxyl groups excluding tert-OH is 1. The Hall–Kier alpha value is -0.560. The maximum atomic E-state index is 9.08. The molecule has 1 aliphatic rings. The Morgan fingerprint density at radius 3 is 3.00 bits per heavy atom. The summed E-state index contributed by atoms with van der Waals surface area (Å²) in [5, 5.41) is 9.08. The van der Waals surface area contributed by atoms with Crippen molar-refractivity contribution in [3.8, 4) is 0 Å². The summed E-state index contributed by atoms with van der Waals surface area (Å²) in [6.45, 7) is 2.11. The van der Waals surface area contributed by atoms with Gasteiger partial charge in [-0.2, -0.15) is 0 Å². The summed E-state index contributed by atoms with van der Waals surface area (Å²) >= 11 is 0. The van der Waals surface area contributed by atoms with E-state index in [-0.39, 0.29) is 6.10 Å². The lowest BCUT2D eigenvalue weighted by Gasteiger charge is -2.10. The highest BCUT2D eigenvalue weighted by atomic mass is 16.3. The molecule has 0 aliphatic heterocycles. The number of hydrogen-bond donors (Lipinski definition) is 1. The van der Waals surface area contributed by atoms with Crippen LogP contribution in [0.25, 0.3) is 0 Å². The molecule has 1 rings (SSSR count). The molecule has 0 aromatic rings. The molecule has 9 heavy (non-hydrogen) atoms. The minimum absolute atomic E-state index is 0.232. The first-order valence-corrected chi connectivity index (χ1v) is 3.37. The van der Waals surface area contributed by atoms with Gasteiger partial charge in [-0.05, 0) is 12.8 Å². The van der Waals surface area contributed by atoms with Crippen molar-refractivity contribution in [1.82, 2.24) is 0 Å². The zero-order chi connectivity index (χ0) is 6.69. The molecule has 1 heteroatoms. The van der Waals surface area contributed by atoms with Crippen LogP contribution in [0.15, 0.2) is 23.8 Å². The average Bonchev–Trinajstić information content (AvgIpc) is 1.88. The number of aliphatic hydroxyl groups is 1. The van der Waals surface area contributed by atoms with Crippen molar-refractivity contribution < 1.29 is 5.11 Å². The van der Waals surface area contributed by atoms with Gasteiger partial charge in [0.1, 0.15) is 0 Å². The Morgan fingerprint density at radius 2 is 2.56 bits per heavy atom. The first kappa shape index (κ1) is 6.56. The number of rotatable bonds is 1. The minimum Gasteiger partial charge on any atom is -0.389 e. The molecule has 0 heterocycles. The van der Waals surface area contributed by atoms with E-state index in [1.807, 2.05) is 12.2 Å². The molecule has 1 atom stereocenters. The summed E-state index contributed by atoms with van der Waals surface area (Å²) < 4.78 is 0. The number of allylic oxidation sites excluding steroid dienone is 2. The summed E-state index contributed by atoms with van der Waals surface area (Å²) in [7, 11) is 0. The molecule has 1 unspecified atom stereocenters. The first-order valence-electron chi connectivity index (χ1n) is 3.37. The highest BCUT2D eigenvalue weighted by Gasteiger charge is 2.04. The van der Waals surface area contributed by atoms with Crippen LogP contribution in [0, 0.1) is 0 Å². The van der Waals surface area contributed by atoms with E-state index in [1.54, 1.807) is 0 Å². The molecule has 0 radical (unpaired) electrons.